The van der Waals surface area contributed by atoms with E-state index >= 15 is 0 Å². The van der Waals surface area contributed by atoms with Gasteiger partial charge in [0.2, 0.25) is 5.96 Å². The molecule has 0 radical (unpaired) electrons. The molecule has 0 rings (SSSR count). The van der Waals surface area contributed by atoms with Gasteiger partial charge in [-0.15, -0.1) is 0 Å². The quantitative estimate of drug-likeness (QED) is 0.222. The van der Waals surface area contributed by atoms with E-state index in [1.807, 2.05) is 19.3 Å². The van der Waals surface area contributed by atoms with Crippen molar-refractivity contribution in [3.63, 3.8) is 0 Å². The third kappa shape index (κ3) is 5.74. The Kier molecular flexibility index (Phi) is 6.09. The van der Waals surface area contributed by atoms with E-state index in [-0.39, 0.29) is 11.9 Å². The maximum absolute atomic E-state index is 12.5. The van der Waals surface area contributed by atoms with Crippen LogP contribution in [0.4, 0.5) is 17.6 Å². The second-order valence-corrected chi connectivity index (χ2v) is 3.65. The van der Waals surface area contributed by atoms with Gasteiger partial charge in [-0.05, 0) is 5.92 Å². The Morgan fingerprint density at radius 3 is 2.31 bits per heavy atom. The van der Waals surface area contributed by atoms with Crippen molar-refractivity contribution in [3.05, 3.63) is 0 Å². The van der Waals surface area contributed by atoms with Crippen LogP contribution in [0.3, 0.4) is 0 Å². The summed E-state index contributed by atoms with van der Waals surface area (Å²) in [6, 6.07) is 0. The number of hydrazine groups is 1. The van der Waals surface area contributed by atoms with Gasteiger partial charge in [-0.2, -0.15) is 8.78 Å². The van der Waals surface area contributed by atoms with Crippen molar-refractivity contribution < 1.29 is 17.6 Å². The molecule has 0 aliphatic carbocycles. The van der Waals surface area contributed by atoms with Gasteiger partial charge in [-0.1, -0.05) is 13.8 Å². The molecule has 0 amide bonds. The van der Waals surface area contributed by atoms with Crippen LogP contribution in [0.5, 0.6) is 0 Å². The molecule has 0 bridgehead atoms. The SMILES string of the molecule is CC(C)CNC(=NCC(F)(F)C(F)F)NN. The lowest BCUT2D eigenvalue weighted by Gasteiger charge is -2.15. The maximum atomic E-state index is 12.5. The van der Waals surface area contributed by atoms with Crippen molar-refractivity contribution >= 4 is 5.96 Å². The number of nitrogens with two attached hydrogens (primary N) is 1. The summed E-state index contributed by atoms with van der Waals surface area (Å²) in [5.41, 5.74) is 2.03. The lowest BCUT2D eigenvalue weighted by molar-refractivity contribution is -0.120. The van der Waals surface area contributed by atoms with Crippen molar-refractivity contribution in [1.29, 1.82) is 0 Å². The maximum Gasteiger partial charge on any atom is 0.326 e. The van der Waals surface area contributed by atoms with Crippen LogP contribution < -0.4 is 16.6 Å². The molecule has 0 heterocycles. The molecule has 0 atom stereocenters. The molecule has 0 saturated heterocycles. The fourth-order valence-electron chi connectivity index (χ4n) is 0.707. The van der Waals surface area contributed by atoms with Crippen LogP contribution in [-0.2, 0) is 0 Å². The Labute approximate surface area is 91.3 Å². The molecule has 0 spiro atoms. The number of rotatable bonds is 5. The molecule has 16 heavy (non-hydrogen) atoms. The third-order valence-corrected chi connectivity index (χ3v) is 1.58. The minimum atomic E-state index is -4.14. The van der Waals surface area contributed by atoms with E-state index in [4.69, 9.17) is 5.84 Å². The normalized spacial score (nSPS) is 13.4. The molecule has 96 valence electrons. The minimum absolute atomic E-state index is 0.131. The molecule has 0 aromatic heterocycles. The Morgan fingerprint density at radius 1 is 1.38 bits per heavy atom. The van der Waals surface area contributed by atoms with Gasteiger partial charge < -0.3 is 5.32 Å². The van der Waals surface area contributed by atoms with Gasteiger partial charge in [-0.3, -0.25) is 5.43 Å². The number of hydrogen-bond acceptors (Lipinski definition) is 2. The van der Waals surface area contributed by atoms with Crippen LogP contribution in [0.25, 0.3) is 0 Å². The average molecular weight is 244 g/mol. The lowest BCUT2D eigenvalue weighted by Crippen LogP contribution is -2.44. The van der Waals surface area contributed by atoms with Gasteiger partial charge in [0.25, 0.3) is 0 Å². The second-order valence-electron chi connectivity index (χ2n) is 3.65. The van der Waals surface area contributed by atoms with Crippen molar-refractivity contribution in [1.82, 2.24) is 10.7 Å². The average Bonchev–Trinajstić information content (AvgIpc) is 2.17. The summed E-state index contributed by atoms with van der Waals surface area (Å²) in [7, 11) is 0. The summed E-state index contributed by atoms with van der Waals surface area (Å²) in [5.74, 6) is 0.966. The summed E-state index contributed by atoms with van der Waals surface area (Å²) in [6.07, 6.45) is -3.74. The van der Waals surface area contributed by atoms with E-state index in [9.17, 15) is 17.6 Å². The van der Waals surface area contributed by atoms with Crippen LogP contribution in [0.2, 0.25) is 0 Å². The fraction of sp³-hybridized carbons (Fsp3) is 0.875. The van der Waals surface area contributed by atoms with E-state index < -0.39 is 18.9 Å². The van der Waals surface area contributed by atoms with Crippen LogP contribution in [0.1, 0.15) is 13.8 Å². The van der Waals surface area contributed by atoms with Gasteiger partial charge in [0, 0.05) is 6.54 Å². The van der Waals surface area contributed by atoms with E-state index in [2.05, 4.69) is 10.3 Å². The first-order valence-corrected chi connectivity index (χ1v) is 4.70. The number of nitrogens with one attached hydrogen (secondary N) is 2. The number of halogens is 4. The van der Waals surface area contributed by atoms with Crippen molar-refractivity contribution in [2.75, 3.05) is 13.1 Å². The molecule has 4 nitrogen and oxygen atoms in total. The van der Waals surface area contributed by atoms with Gasteiger partial charge in [0.1, 0.15) is 6.54 Å². The summed E-state index contributed by atoms with van der Waals surface area (Å²) in [6.45, 7) is 2.91. The van der Waals surface area contributed by atoms with Gasteiger partial charge in [0.15, 0.2) is 0 Å². The Bertz CT molecular complexity index is 230. The second kappa shape index (κ2) is 6.51. The zero-order chi connectivity index (χ0) is 12.8. The number of aliphatic imine (C=N–C) groups is 1. The molecule has 0 aromatic rings. The fourth-order valence-corrected chi connectivity index (χ4v) is 0.707. The lowest BCUT2D eigenvalue weighted by atomic mass is 10.2. The van der Waals surface area contributed by atoms with Crippen molar-refractivity contribution in [2.24, 2.45) is 16.8 Å². The Morgan fingerprint density at radius 2 is 1.94 bits per heavy atom. The molecule has 0 unspecified atom stereocenters. The van der Waals surface area contributed by atoms with E-state index in [1.165, 1.54) is 0 Å². The molecular formula is C8H16F4N4. The van der Waals surface area contributed by atoms with Gasteiger partial charge in [0.05, 0.1) is 0 Å². The molecule has 0 aliphatic rings. The van der Waals surface area contributed by atoms with Crippen LogP contribution >= 0.6 is 0 Å². The standard InChI is InChI=1S/C8H16F4N4/c1-5(2)3-14-7(16-13)15-4-8(11,12)6(9)10/h5-6H,3-4,13H2,1-2H3,(H2,14,15,16). The highest BCUT2D eigenvalue weighted by atomic mass is 19.3. The Balaban J connectivity index is 4.26. The highest BCUT2D eigenvalue weighted by Gasteiger charge is 2.40. The zero-order valence-corrected chi connectivity index (χ0v) is 9.11. The van der Waals surface area contributed by atoms with Crippen LogP contribution in [0, 0.1) is 5.92 Å². The summed E-state index contributed by atoms with van der Waals surface area (Å²) < 4.78 is 48.6. The van der Waals surface area contributed by atoms with Crippen molar-refractivity contribution in [2.45, 2.75) is 26.2 Å². The summed E-state index contributed by atoms with van der Waals surface area (Å²) in [5, 5.41) is 2.62. The smallest absolute Gasteiger partial charge is 0.326 e. The molecule has 0 aromatic carbocycles. The summed E-state index contributed by atoms with van der Waals surface area (Å²) >= 11 is 0. The monoisotopic (exact) mass is 244 g/mol. The number of alkyl halides is 4. The molecule has 0 aliphatic heterocycles. The Hall–Kier alpha value is -1.05. The summed E-state index contributed by atoms with van der Waals surface area (Å²) in [4.78, 5) is 3.25. The number of guanidine groups is 1. The third-order valence-electron chi connectivity index (χ3n) is 1.58. The molecule has 8 heteroatoms. The predicted molar refractivity (Wildman–Crippen MR) is 53.4 cm³/mol. The van der Waals surface area contributed by atoms with E-state index in [0.29, 0.717) is 6.54 Å². The van der Waals surface area contributed by atoms with Gasteiger partial charge in [-0.25, -0.2) is 19.6 Å². The van der Waals surface area contributed by atoms with Crippen LogP contribution in [0.15, 0.2) is 4.99 Å². The predicted octanol–water partition coefficient (Wildman–Crippen LogP) is 0.952. The number of hydrogen-bond donors (Lipinski definition) is 3. The minimum Gasteiger partial charge on any atom is -0.355 e. The van der Waals surface area contributed by atoms with E-state index in [1.54, 1.807) is 0 Å². The van der Waals surface area contributed by atoms with Gasteiger partial charge >= 0.3 is 12.3 Å². The molecule has 4 N–H and O–H groups in total. The topological polar surface area (TPSA) is 62.4 Å². The zero-order valence-electron chi connectivity index (χ0n) is 9.11. The molecular weight excluding hydrogens is 228 g/mol. The highest BCUT2D eigenvalue weighted by molar-refractivity contribution is 5.79. The largest absolute Gasteiger partial charge is 0.355 e. The van der Waals surface area contributed by atoms with E-state index in [0.717, 1.165) is 0 Å². The number of nitrogens with zero attached hydrogens (tertiary/aromatic N) is 1. The highest BCUT2D eigenvalue weighted by Crippen LogP contribution is 2.22. The molecule has 0 saturated carbocycles. The van der Waals surface area contributed by atoms with Crippen LogP contribution in [-0.4, -0.2) is 31.4 Å². The first-order chi connectivity index (χ1) is 7.29. The first kappa shape index (κ1) is 14.9. The van der Waals surface area contributed by atoms with Crippen molar-refractivity contribution in [3.8, 4) is 0 Å². The molecule has 0 fully saturated rings. The first-order valence-electron chi connectivity index (χ1n) is 4.70.